The summed E-state index contributed by atoms with van der Waals surface area (Å²) in [6.45, 7) is 6.47. The molecule has 0 aromatic heterocycles. The maximum absolute atomic E-state index is 12.6. The van der Waals surface area contributed by atoms with Crippen LogP contribution in [0.4, 0.5) is 0 Å². The van der Waals surface area contributed by atoms with Crippen molar-refractivity contribution in [2.75, 3.05) is 19.7 Å². The lowest BCUT2D eigenvalue weighted by Crippen LogP contribution is -2.41. The number of amides is 1. The third-order valence-corrected chi connectivity index (χ3v) is 5.90. The molecule has 4 heteroatoms. The summed E-state index contributed by atoms with van der Waals surface area (Å²) in [6, 6.07) is 6.90. The molecule has 4 atom stereocenters. The first-order chi connectivity index (χ1) is 10.6. The van der Waals surface area contributed by atoms with Gasteiger partial charge in [-0.05, 0) is 61.8 Å². The normalized spacial score (nSPS) is 32.4. The van der Waals surface area contributed by atoms with Crippen LogP contribution in [0.15, 0.2) is 18.2 Å². The first kappa shape index (κ1) is 14.1. The maximum atomic E-state index is 12.6. The third kappa shape index (κ3) is 2.12. The van der Waals surface area contributed by atoms with Crippen molar-refractivity contribution in [1.82, 2.24) is 10.2 Å². The van der Waals surface area contributed by atoms with E-state index < -0.39 is 0 Å². The molecular formula is C18H24N2O2. The zero-order chi connectivity index (χ0) is 15.3. The van der Waals surface area contributed by atoms with Gasteiger partial charge in [0.25, 0.3) is 5.91 Å². The molecule has 3 fully saturated rings. The van der Waals surface area contributed by atoms with Crippen LogP contribution < -0.4 is 10.1 Å². The molecule has 2 bridgehead atoms. The van der Waals surface area contributed by atoms with Crippen LogP contribution in [-0.4, -0.2) is 42.6 Å². The number of hydrogen-bond acceptors (Lipinski definition) is 3. The Labute approximate surface area is 131 Å². The molecule has 0 unspecified atom stereocenters. The molecule has 1 N–H and O–H groups in total. The van der Waals surface area contributed by atoms with E-state index in [1.807, 2.05) is 18.2 Å². The SMILES string of the molecule is Cc1ccc(OCC(=O)N2[C@@H]3CC[C@H]2[C@H]2CNC[C@H]23)cc1C. The second-order valence-electron chi connectivity index (χ2n) is 7.03. The first-order valence-corrected chi connectivity index (χ1v) is 8.37. The highest BCUT2D eigenvalue weighted by Crippen LogP contribution is 2.47. The number of benzene rings is 1. The van der Waals surface area contributed by atoms with Crippen molar-refractivity contribution in [3.8, 4) is 5.75 Å². The summed E-state index contributed by atoms with van der Waals surface area (Å²) in [5.74, 6) is 2.30. The maximum Gasteiger partial charge on any atom is 0.261 e. The molecule has 22 heavy (non-hydrogen) atoms. The lowest BCUT2D eigenvalue weighted by Gasteiger charge is -2.24. The zero-order valence-corrected chi connectivity index (χ0v) is 13.3. The Morgan fingerprint density at radius 2 is 1.86 bits per heavy atom. The minimum atomic E-state index is 0.167. The molecule has 0 aliphatic carbocycles. The average Bonchev–Trinajstić information content (AvgIpc) is 3.19. The summed E-state index contributed by atoms with van der Waals surface area (Å²) < 4.78 is 5.76. The average molecular weight is 300 g/mol. The van der Waals surface area contributed by atoms with Gasteiger partial charge in [-0.2, -0.15) is 0 Å². The van der Waals surface area contributed by atoms with E-state index in [2.05, 4.69) is 24.1 Å². The summed E-state index contributed by atoms with van der Waals surface area (Å²) in [5, 5.41) is 3.48. The number of fused-ring (bicyclic) bond motifs is 5. The summed E-state index contributed by atoms with van der Waals surface area (Å²) in [4.78, 5) is 14.8. The van der Waals surface area contributed by atoms with Gasteiger partial charge in [0.15, 0.2) is 6.61 Å². The molecule has 0 spiro atoms. The van der Waals surface area contributed by atoms with Crippen molar-refractivity contribution in [3.63, 3.8) is 0 Å². The van der Waals surface area contributed by atoms with Gasteiger partial charge in [-0.1, -0.05) is 6.07 Å². The van der Waals surface area contributed by atoms with Gasteiger partial charge >= 0.3 is 0 Å². The van der Waals surface area contributed by atoms with Crippen LogP contribution in [0, 0.1) is 25.7 Å². The highest BCUT2D eigenvalue weighted by atomic mass is 16.5. The zero-order valence-electron chi connectivity index (χ0n) is 13.3. The number of ether oxygens (including phenoxy) is 1. The molecule has 1 aromatic rings. The number of hydrogen-bond donors (Lipinski definition) is 1. The molecule has 0 radical (unpaired) electrons. The van der Waals surface area contributed by atoms with E-state index in [0.29, 0.717) is 23.9 Å². The quantitative estimate of drug-likeness (QED) is 0.927. The molecule has 1 aromatic carbocycles. The molecule has 1 amide bonds. The highest BCUT2D eigenvalue weighted by molar-refractivity contribution is 5.79. The second kappa shape index (κ2) is 5.27. The molecule has 4 rings (SSSR count). The number of nitrogens with one attached hydrogen (secondary N) is 1. The van der Waals surface area contributed by atoms with Gasteiger partial charge < -0.3 is 15.0 Å². The highest BCUT2D eigenvalue weighted by Gasteiger charge is 2.56. The van der Waals surface area contributed by atoms with Crippen LogP contribution in [0.1, 0.15) is 24.0 Å². The van der Waals surface area contributed by atoms with Gasteiger partial charge in [-0.25, -0.2) is 0 Å². The number of rotatable bonds is 3. The summed E-state index contributed by atoms with van der Waals surface area (Å²) >= 11 is 0. The Morgan fingerprint density at radius 1 is 1.18 bits per heavy atom. The molecule has 3 heterocycles. The topological polar surface area (TPSA) is 41.6 Å². The standard InChI is InChI=1S/C18H24N2O2/c1-11-3-4-13(7-12(11)2)22-10-18(21)20-16-5-6-17(20)15-9-19-8-14(15)16/h3-4,7,14-17,19H,5-6,8-10H2,1-2H3/t14-,15+,16-,17+. The fraction of sp³-hybridized carbons (Fsp3) is 0.611. The predicted molar refractivity (Wildman–Crippen MR) is 84.9 cm³/mol. The van der Waals surface area contributed by atoms with E-state index in [-0.39, 0.29) is 12.5 Å². The molecule has 0 saturated carbocycles. The molecule has 3 aliphatic rings. The van der Waals surface area contributed by atoms with E-state index in [1.165, 1.54) is 24.0 Å². The molecular weight excluding hydrogens is 276 g/mol. The van der Waals surface area contributed by atoms with Crippen LogP contribution >= 0.6 is 0 Å². The molecule has 4 nitrogen and oxygen atoms in total. The van der Waals surface area contributed by atoms with Crippen LogP contribution in [-0.2, 0) is 4.79 Å². The fourth-order valence-corrected chi connectivity index (χ4v) is 4.66. The first-order valence-electron chi connectivity index (χ1n) is 8.37. The van der Waals surface area contributed by atoms with Crippen LogP contribution in [0.2, 0.25) is 0 Å². The van der Waals surface area contributed by atoms with Gasteiger partial charge in [0.1, 0.15) is 5.75 Å². The minimum absolute atomic E-state index is 0.167. The van der Waals surface area contributed by atoms with E-state index >= 15 is 0 Å². The van der Waals surface area contributed by atoms with Crippen molar-refractivity contribution < 1.29 is 9.53 Å². The van der Waals surface area contributed by atoms with Crippen molar-refractivity contribution in [1.29, 1.82) is 0 Å². The Bertz CT molecular complexity index is 583. The van der Waals surface area contributed by atoms with Gasteiger partial charge in [-0.15, -0.1) is 0 Å². The van der Waals surface area contributed by atoms with Crippen LogP contribution in [0.3, 0.4) is 0 Å². The lowest BCUT2D eigenvalue weighted by atomic mass is 9.82. The van der Waals surface area contributed by atoms with Gasteiger partial charge in [0.2, 0.25) is 0 Å². The monoisotopic (exact) mass is 300 g/mol. The van der Waals surface area contributed by atoms with Crippen LogP contribution in [0.25, 0.3) is 0 Å². The van der Waals surface area contributed by atoms with Gasteiger partial charge in [0.05, 0.1) is 0 Å². The van der Waals surface area contributed by atoms with Gasteiger partial charge in [0, 0.05) is 25.2 Å². The number of nitrogens with zero attached hydrogens (tertiary/aromatic N) is 1. The van der Waals surface area contributed by atoms with E-state index in [1.54, 1.807) is 0 Å². The Kier molecular flexibility index (Phi) is 3.37. The Morgan fingerprint density at radius 3 is 2.50 bits per heavy atom. The lowest BCUT2D eigenvalue weighted by molar-refractivity contribution is -0.135. The van der Waals surface area contributed by atoms with E-state index in [9.17, 15) is 4.79 Å². The summed E-state index contributed by atoms with van der Waals surface area (Å²) in [6.07, 6.45) is 2.34. The smallest absolute Gasteiger partial charge is 0.261 e. The summed E-state index contributed by atoms with van der Waals surface area (Å²) in [5.41, 5.74) is 2.45. The molecule has 118 valence electrons. The van der Waals surface area contributed by atoms with Crippen molar-refractivity contribution in [3.05, 3.63) is 29.3 Å². The number of aryl methyl sites for hydroxylation is 2. The number of carbonyl (C=O) groups excluding carboxylic acids is 1. The third-order valence-electron chi connectivity index (χ3n) is 5.90. The largest absolute Gasteiger partial charge is 0.484 e. The fourth-order valence-electron chi connectivity index (χ4n) is 4.66. The van der Waals surface area contributed by atoms with Crippen molar-refractivity contribution in [2.24, 2.45) is 11.8 Å². The predicted octanol–water partition coefficient (Wildman–Crippen LogP) is 1.89. The molecule has 3 aliphatic heterocycles. The summed E-state index contributed by atoms with van der Waals surface area (Å²) in [7, 11) is 0. The Hall–Kier alpha value is -1.55. The van der Waals surface area contributed by atoms with Gasteiger partial charge in [-0.3, -0.25) is 4.79 Å². The number of carbonyl (C=O) groups is 1. The molecule has 3 saturated heterocycles. The second-order valence-corrected chi connectivity index (χ2v) is 7.03. The van der Waals surface area contributed by atoms with E-state index in [0.717, 1.165) is 18.8 Å². The van der Waals surface area contributed by atoms with E-state index in [4.69, 9.17) is 4.74 Å². The van der Waals surface area contributed by atoms with Crippen molar-refractivity contribution in [2.45, 2.75) is 38.8 Å². The van der Waals surface area contributed by atoms with Crippen molar-refractivity contribution >= 4 is 5.91 Å². The van der Waals surface area contributed by atoms with Crippen LogP contribution in [0.5, 0.6) is 5.75 Å². The minimum Gasteiger partial charge on any atom is -0.484 e. The Balaban J connectivity index is 1.42.